The van der Waals surface area contributed by atoms with Gasteiger partial charge in [-0.2, -0.15) is 0 Å². The minimum absolute atomic E-state index is 0.454. The van der Waals surface area contributed by atoms with Gasteiger partial charge in [-0.3, -0.25) is 0 Å². The molecule has 3 heterocycles. The number of nitrogen functional groups attached to an aromatic ring is 1. The fraction of sp³-hybridized carbons (Fsp3) is 0.300. The van der Waals surface area contributed by atoms with Crippen LogP contribution in [0.1, 0.15) is 26.1 Å². The number of anilines is 1. The normalized spacial score (nSPS) is 12.3. The first-order valence-corrected chi connectivity index (χ1v) is 9.47. The van der Waals surface area contributed by atoms with Crippen molar-refractivity contribution < 1.29 is 5.11 Å². The van der Waals surface area contributed by atoms with E-state index in [1.807, 2.05) is 39.1 Å². The lowest BCUT2D eigenvalue weighted by atomic mass is 10.0. The van der Waals surface area contributed by atoms with E-state index in [2.05, 4.69) is 27.8 Å². The van der Waals surface area contributed by atoms with Crippen LogP contribution < -0.4 is 5.73 Å². The molecule has 0 spiro atoms. The first-order chi connectivity index (χ1) is 12.3. The third-order valence-corrected chi connectivity index (χ3v) is 5.80. The van der Waals surface area contributed by atoms with Crippen LogP contribution in [0.3, 0.4) is 0 Å². The molecule has 0 radical (unpaired) electrons. The largest absolute Gasteiger partial charge is 0.390 e. The number of nitrogens with two attached hydrogens (primary N) is 1. The van der Waals surface area contributed by atoms with Crippen LogP contribution in [-0.4, -0.2) is 25.2 Å². The number of thiophene rings is 1. The van der Waals surface area contributed by atoms with Crippen molar-refractivity contribution in [3.05, 3.63) is 42.2 Å². The molecule has 134 valence electrons. The van der Waals surface area contributed by atoms with Crippen LogP contribution in [0.15, 0.2) is 36.4 Å². The smallest absolute Gasteiger partial charge is 0.152 e. The van der Waals surface area contributed by atoms with Crippen molar-refractivity contribution in [2.45, 2.75) is 32.3 Å². The summed E-state index contributed by atoms with van der Waals surface area (Å²) in [6.45, 7) is 3.63. The number of imidazole rings is 1. The van der Waals surface area contributed by atoms with Crippen LogP contribution in [-0.2, 0) is 13.5 Å². The Labute approximate surface area is 156 Å². The summed E-state index contributed by atoms with van der Waals surface area (Å²) in [6.07, 6.45) is 1.33. The van der Waals surface area contributed by atoms with E-state index in [9.17, 15) is 5.11 Å². The van der Waals surface area contributed by atoms with Crippen molar-refractivity contribution in [2.75, 3.05) is 5.73 Å². The lowest BCUT2D eigenvalue weighted by Crippen LogP contribution is -2.20. The molecule has 0 aliphatic rings. The zero-order valence-corrected chi connectivity index (χ0v) is 16.0. The van der Waals surface area contributed by atoms with Crippen LogP contribution in [0.4, 0.5) is 5.82 Å². The van der Waals surface area contributed by atoms with Gasteiger partial charge in [0.05, 0.1) is 21.3 Å². The average molecular weight is 366 g/mol. The second-order valence-electron chi connectivity index (χ2n) is 7.28. The predicted molar refractivity (Wildman–Crippen MR) is 108 cm³/mol. The van der Waals surface area contributed by atoms with E-state index < -0.39 is 5.60 Å². The molecule has 0 unspecified atom stereocenters. The topological polar surface area (TPSA) is 77.0 Å². The Bertz CT molecular complexity index is 1090. The number of aryl methyl sites for hydroxylation is 2. The van der Waals surface area contributed by atoms with E-state index in [-0.39, 0.29) is 0 Å². The van der Waals surface area contributed by atoms with Gasteiger partial charge in [-0.15, -0.1) is 11.3 Å². The molecule has 0 fully saturated rings. The predicted octanol–water partition coefficient (Wildman–Crippen LogP) is 4.14. The number of benzene rings is 1. The molecule has 4 rings (SSSR count). The van der Waals surface area contributed by atoms with E-state index in [0.717, 1.165) is 27.1 Å². The van der Waals surface area contributed by atoms with E-state index in [4.69, 9.17) is 10.7 Å². The highest BCUT2D eigenvalue weighted by Gasteiger charge is 2.20. The van der Waals surface area contributed by atoms with E-state index >= 15 is 0 Å². The molecule has 0 amide bonds. The fourth-order valence-electron chi connectivity index (χ4n) is 3.19. The number of pyridine rings is 1. The monoisotopic (exact) mass is 366 g/mol. The molecule has 0 bridgehead atoms. The van der Waals surface area contributed by atoms with Gasteiger partial charge < -0.3 is 15.4 Å². The zero-order valence-electron chi connectivity index (χ0n) is 15.2. The van der Waals surface area contributed by atoms with Crippen LogP contribution in [0, 0.1) is 0 Å². The summed E-state index contributed by atoms with van der Waals surface area (Å²) in [4.78, 5) is 10.5. The molecular weight excluding hydrogens is 344 g/mol. The maximum atomic E-state index is 10.0. The van der Waals surface area contributed by atoms with Crippen molar-refractivity contribution in [3.8, 4) is 10.4 Å². The third-order valence-electron chi connectivity index (χ3n) is 4.62. The maximum absolute atomic E-state index is 10.0. The minimum Gasteiger partial charge on any atom is -0.390 e. The number of aliphatic hydroxyl groups is 1. The van der Waals surface area contributed by atoms with Crippen LogP contribution in [0.5, 0.6) is 0 Å². The summed E-state index contributed by atoms with van der Waals surface area (Å²) < 4.78 is 3.18. The Morgan fingerprint density at radius 3 is 2.62 bits per heavy atom. The average Bonchev–Trinajstić information content (AvgIpc) is 3.15. The highest BCUT2D eigenvalue weighted by Crippen LogP contribution is 2.38. The molecule has 3 N–H and O–H groups in total. The summed E-state index contributed by atoms with van der Waals surface area (Å²) in [5, 5.41) is 10.0. The molecule has 0 aliphatic carbocycles. The Kier molecular flexibility index (Phi) is 3.97. The molecule has 0 aliphatic heterocycles. The van der Waals surface area contributed by atoms with Gasteiger partial charge in [-0.05, 0) is 31.9 Å². The molecule has 4 aromatic rings. The van der Waals surface area contributed by atoms with Gasteiger partial charge in [0.15, 0.2) is 5.82 Å². The third kappa shape index (κ3) is 2.95. The molecule has 0 saturated heterocycles. The number of hydrogen-bond donors (Lipinski definition) is 2. The Balaban J connectivity index is 1.88. The highest BCUT2D eigenvalue weighted by atomic mass is 32.1. The minimum atomic E-state index is -0.722. The second-order valence-corrected chi connectivity index (χ2v) is 8.34. The lowest BCUT2D eigenvalue weighted by Gasteiger charge is -2.16. The van der Waals surface area contributed by atoms with E-state index in [1.165, 1.54) is 10.4 Å². The summed E-state index contributed by atoms with van der Waals surface area (Å²) in [7, 11) is 2.01. The zero-order chi connectivity index (χ0) is 18.5. The van der Waals surface area contributed by atoms with Crippen LogP contribution >= 0.6 is 11.3 Å². The standard InChI is InChI=1S/C20H22N4OS/c1-20(2,25)10-9-15-23-16-17(24(15)3)18-13(22-19(16)21)11-14(26-18)12-7-5-4-6-8-12/h4-8,11,25H,9-10H2,1-3H3,(H2,21,22). The van der Waals surface area contributed by atoms with Crippen molar-refractivity contribution in [2.24, 2.45) is 7.05 Å². The van der Waals surface area contributed by atoms with Gasteiger partial charge in [-0.1, -0.05) is 30.3 Å². The number of fused-ring (bicyclic) bond motifs is 3. The van der Waals surface area contributed by atoms with Crippen molar-refractivity contribution in [1.29, 1.82) is 0 Å². The van der Waals surface area contributed by atoms with Gasteiger partial charge in [0.2, 0.25) is 0 Å². The van der Waals surface area contributed by atoms with Crippen LogP contribution in [0.2, 0.25) is 0 Å². The van der Waals surface area contributed by atoms with Crippen LogP contribution in [0.25, 0.3) is 31.7 Å². The summed E-state index contributed by atoms with van der Waals surface area (Å²) >= 11 is 1.71. The molecule has 26 heavy (non-hydrogen) atoms. The first kappa shape index (κ1) is 17.0. The van der Waals surface area contributed by atoms with Crippen molar-refractivity contribution >= 4 is 38.4 Å². The number of nitrogens with zero attached hydrogens (tertiary/aromatic N) is 3. The molecule has 1 aromatic carbocycles. The molecule has 0 atom stereocenters. The van der Waals surface area contributed by atoms with Gasteiger partial charge >= 0.3 is 0 Å². The molecule has 6 heteroatoms. The summed E-state index contributed by atoms with van der Waals surface area (Å²) in [5.41, 5.74) is 9.31. The van der Waals surface area contributed by atoms with Gasteiger partial charge in [0, 0.05) is 18.3 Å². The first-order valence-electron chi connectivity index (χ1n) is 8.65. The summed E-state index contributed by atoms with van der Waals surface area (Å²) in [6, 6.07) is 12.4. The van der Waals surface area contributed by atoms with Crippen molar-refractivity contribution in [3.63, 3.8) is 0 Å². The molecule has 3 aromatic heterocycles. The number of aromatic nitrogens is 3. The quantitative estimate of drug-likeness (QED) is 0.569. The summed E-state index contributed by atoms with van der Waals surface area (Å²) in [5.74, 6) is 1.37. The number of hydrogen-bond acceptors (Lipinski definition) is 5. The highest BCUT2D eigenvalue weighted by molar-refractivity contribution is 7.23. The number of rotatable bonds is 4. The SMILES string of the molecule is Cn1c(CCC(C)(C)O)nc2c(N)nc3cc(-c4ccccc4)sc3c21. The molecular formula is C20H22N4OS. The van der Waals surface area contributed by atoms with E-state index in [0.29, 0.717) is 18.7 Å². The van der Waals surface area contributed by atoms with Gasteiger partial charge in [0.25, 0.3) is 0 Å². The Morgan fingerprint density at radius 2 is 1.92 bits per heavy atom. The Hall–Kier alpha value is -2.44. The van der Waals surface area contributed by atoms with Gasteiger partial charge in [0.1, 0.15) is 11.3 Å². The molecule has 0 saturated carbocycles. The second kappa shape index (κ2) is 6.07. The molecule has 5 nitrogen and oxygen atoms in total. The Morgan fingerprint density at radius 1 is 1.19 bits per heavy atom. The maximum Gasteiger partial charge on any atom is 0.152 e. The van der Waals surface area contributed by atoms with Gasteiger partial charge in [-0.25, -0.2) is 9.97 Å². The lowest BCUT2D eigenvalue weighted by molar-refractivity contribution is 0.0707. The van der Waals surface area contributed by atoms with E-state index in [1.54, 1.807) is 11.3 Å². The fourth-order valence-corrected chi connectivity index (χ4v) is 4.37. The van der Waals surface area contributed by atoms with Crippen molar-refractivity contribution in [1.82, 2.24) is 14.5 Å².